The third kappa shape index (κ3) is 3.94. The molecule has 8 unspecified atom stereocenters. The highest BCUT2D eigenvalue weighted by Gasteiger charge is 2.65. The van der Waals surface area contributed by atoms with Crippen molar-refractivity contribution in [1.82, 2.24) is 0 Å². The van der Waals surface area contributed by atoms with Crippen LogP contribution in [0.15, 0.2) is 0 Å². The smallest absolute Gasteiger partial charge is 0.247 e. The Morgan fingerprint density at radius 1 is 0.543 bits per heavy atom. The molecule has 8 atom stereocenters. The maximum absolute atomic E-state index is 7.72. The third-order valence-electron chi connectivity index (χ3n) is 13.9. The zero-order valence-electron chi connectivity index (χ0n) is 24.1. The Labute approximate surface area is 217 Å². The van der Waals surface area contributed by atoms with E-state index in [-0.39, 0.29) is 0 Å². The minimum Gasteiger partial charge on any atom is -0.565 e. The summed E-state index contributed by atoms with van der Waals surface area (Å²) in [6, 6.07) is 0. The zero-order valence-corrected chi connectivity index (χ0v) is 24.1. The van der Waals surface area contributed by atoms with Crippen LogP contribution >= 0.6 is 0 Å². The van der Waals surface area contributed by atoms with Crippen LogP contribution in [0.1, 0.15) is 131 Å². The first-order chi connectivity index (χ1) is 16.6. The Balaban J connectivity index is 1.39. The molecule has 8 aliphatic carbocycles. The van der Waals surface area contributed by atoms with Gasteiger partial charge in [-0.1, -0.05) is 105 Å². The minimum atomic E-state index is -1.29. The molecule has 2 nitrogen and oxygen atoms in total. The molecule has 35 heavy (non-hydrogen) atoms. The van der Waals surface area contributed by atoms with E-state index < -0.39 is 6.55 Å². The summed E-state index contributed by atoms with van der Waals surface area (Å²) in [5.41, 5.74) is 1.05. The second-order valence-electron chi connectivity index (χ2n) is 15.9. The van der Waals surface area contributed by atoms with E-state index in [0.29, 0.717) is 34.7 Å². The van der Waals surface area contributed by atoms with Crippen LogP contribution in [-0.2, 0) is 9.31 Å². The fourth-order valence-corrected chi connectivity index (χ4v) is 11.4. The fourth-order valence-electron chi connectivity index (χ4n) is 11.4. The molecule has 0 amide bonds. The molecule has 0 heterocycles. The van der Waals surface area contributed by atoms with Gasteiger partial charge in [0.15, 0.2) is 0 Å². The average Bonchev–Trinajstić information content (AvgIpc) is 2.84. The molecule has 0 spiro atoms. The van der Waals surface area contributed by atoms with Crippen molar-refractivity contribution in [2.24, 2.45) is 46.3 Å². The van der Waals surface area contributed by atoms with Crippen molar-refractivity contribution in [3.63, 3.8) is 0 Å². The molecule has 0 aromatic rings. The SMILES string of the molecule is CC1C([B-](OC2CCCCC2)(OC2CCCCC2)C2CC3CC(C2C)C3(C)C)CC2CC1C2(C)C. The highest BCUT2D eigenvalue weighted by molar-refractivity contribution is 6.71. The van der Waals surface area contributed by atoms with E-state index in [1.54, 1.807) is 0 Å². The van der Waals surface area contributed by atoms with Gasteiger partial charge in [-0.2, -0.15) is 0 Å². The molecule has 4 bridgehead atoms. The molecule has 0 aromatic heterocycles. The van der Waals surface area contributed by atoms with Crippen molar-refractivity contribution in [3.05, 3.63) is 0 Å². The molecule has 0 saturated heterocycles. The Hall–Kier alpha value is -0.0151. The molecule has 0 aromatic carbocycles. The van der Waals surface area contributed by atoms with Crippen LogP contribution in [-0.4, -0.2) is 18.8 Å². The van der Waals surface area contributed by atoms with E-state index >= 15 is 0 Å². The summed E-state index contributed by atoms with van der Waals surface area (Å²) in [5, 5.41) is 0. The van der Waals surface area contributed by atoms with Crippen molar-refractivity contribution in [1.29, 1.82) is 0 Å². The highest BCUT2D eigenvalue weighted by atomic mass is 16.6. The van der Waals surface area contributed by atoms with Crippen molar-refractivity contribution in [3.8, 4) is 0 Å². The topological polar surface area (TPSA) is 18.5 Å². The summed E-state index contributed by atoms with van der Waals surface area (Å²) in [5.74, 6) is 6.24. The van der Waals surface area contributed by atoms with Crippen LogP contribution in [0.2, 0.25) is 11.6 Å². The van der Waals surface area contributed by atoms with Gasteiger partial charge in [0.25, 0.3) is 0 Å². The Kier molecular flexibility index (Phi) is 6.52. The number of hydrogen-bond acceptors (Lipinski definition) is 2. The van der Waals surface area contributed by atoms with Crippen LogP contribution in [0.3, 0.4) is 0 Å². The molecule has 200 valence electrons. The zero-order chi connectivity index (χ0) is 24.6. The summed E-state index contributed by atoms with van der Waals surface area (Å²) in [4.78, 5) is 0. The molecule has 8 rings (SSSR count). The van der Waals surface area contributed by atoms with Crippen molar-refractivity contribution >= 4 is 6.55 Å². The van der Waals surface area contributed by atoms with Crippen LogP contribution in [0, 0.1) is 46.3 Å². The van der Waals surface area contributed by atoms with E-state index in [4.69, 9.17) is 9.31 Å². The minimum absolute atomic E-state index is 0.448. The third-order valence-corrected chi connectivity index (χ3v) is 13.9. The maximum atomic E-state index is 7.72. The van der Waals surface area contributed by atoms with E-state index in [0.717, 1.165) is 35.5 Å². The molecule has 0 radical (unpaired) electrons. The molecule has 8 fully saturated rings. The number of fused-ring (bicyclic) bond motifs is 4. The summed E-state index contributed by atoms with van der Waals surface area (Å²) >= 11 is 0. The van der Waals surface area contributed by atoms with Crippen LogP contribution in [0.5, 0.6) is 0 Å². The summed E-state index contributed by atoms with van der Waals surface area (Å²) in [7, 11) is 0. The van der Waals surface area contributed by atoms with Crippen LogP contribution in [0.25, 0.3) is 0 Å². The quantitative estimate of drug-likeness (QED) is 0.351. The Morgan fingerprint density at radius 2 is 0.914 bits per heavy atom. The Bertz CT molecular complexity index is 700. The van der Waals surface area contributed by atoms with Gasteiger partial charge >= 0.3 is 0 Å². The van der Waals surface area contributed by atoms with Gasteiger partial charge in [-0.05, 0) is 73.0 Å². The first kappa shape index (κ1) is 25.3. The standard InChI is InChI=1S/C32H56BO2/c1-21-27-17-23(31(27,3)4)19-29(21)33(34-25-13-9-7-10-14-25,35-26-15-11-8-12-16-26)30-20-24-18-28(22(30)2)32(24,5)6/h21-30H,7-20H2,1-6H3/q-1. The van der Waals surface area contributed by atoms with Gasteiger partial charge in [0.05, 0.1) is 0 Å². The van der Waals surface area contributed by atoms with Crippen molar-refractivity contribution < 1.29 is 9.31 Å². The largest absolute Gasteiger partial charge is 0.565 e. The molecule has 8 saturated carbocycles. The summed E-state index contributed by atoms with van der Waals surface area (Å²) in [6.07, 6.45) is 19.9. The van der Waals surface area contributed by atoms with Gasteiger partial charge in [-0.25, -0.2) is 0 Å². The van der Waals surface area contributed by atoms with E-state index in [2.05, 4.69) is 41.5 Å². The molecule has 3 heteroatoms. The first-order valence-electron chi connectivity index (χ1n) is 16.2. The Morgan fingerprint density at radius 3 is 1.23 bits per heavy atom. The lowest BCUT2D eigenvalue weighted by molar-refractivity contribution is -0.126. The molecular formula is C32H56BO2-. The maximum Gasteiger partial charge on any atom is 0.247 e. The average molecular weight is 484 g/mol. The van der Waals surface area contributed by atoms with Gasteiger partial charge in [-0.15, -0.1) is 11.6 Å². The predicted molar refractivity (Wildman–Crippen MR) is 147 cm³/mol. The van der Waals surface area contributed by atoms with Gasteiger partial charge in [0, 0.05) is 12.2 Å². The van der Waals surface area contributed by atoms with Gasteiger partial charge in [-0.3, -0.25) is 0 Å². The van der Waals surface area contributed by atoms with Crippen molar-refractivity contribution in [2.45, 2.75) is 155 Å². The van der Waals surface area contributed by atoms with Gasteiger partial charge < -0.3 is 9.31 Å². The van der Waals surface area contributed by atoms with Gasteiger partial charge in [0.2, 0.25) is 6.55 Å². The second kappa shape index (κ2) is 9.03. The highest BCUT2D eigenvalue weighted by Crippen LogP contribution is 2.72. The first-order valence-corrected chi connectivity index (χ1v) is 16.2. The summed E-state index contributed by atoms with van der Waals surface area (Å²) < 4.78 is 15.4. The lowest BCUT2D eigenvalue weighted by Gasteiger charge is -2.73. The van der Waals surface area contributed by atoms with E-state index in [1.165, 1.54) is 89.9 Å². The number of hydrogen-bond donors (Lipinski definition) is 0. The van der Waals surface area contributed by atoms with Crippen LogP contribution < -0.4 is 0 Å². The lowest BCUT2D eigenvalue weighted by Crippen LogP contribution is -2.67. The number of rotatable bonds is 6. The molecule has 0 N–H and O–H groups in total. The summed E-state index contributed by atoms with van der Waals surface area (Å²) in [6.45, 7) is 14.2. The van der Waals surface area contributed by atoms with E-state index in [9.17, 15) is 0 Å². The molecule has 8 aliphatic rings. The monoisotopic (exact) mass is 483 g/mol. The van der Waals surface area contributed by atoms with Crippen LogP contribution in [0.4, 0.5) is 0 Å². The fraction of sp³-hybridized carbons (Fsp3) is 1.00. The second-order valence-corrected chi connectivity index (χ2v) is 15.9. The molecule has 0 aliphatic heterocycles. The van der Waals surface area contributed by atoms with Crippen molar-refractivity contribution in [2.75, 3.05) is 0 Å². The normalized spacial score (nSPS) is 45.4. The van der Waals surface area contributed by atoms with E-state index in [1.807, 2.05) is 0 Å². The van der Waals surface area contributed by atoms with Gasteiger partial charge in [0.1, 0.15) is 0 Å². The lowest BCUT2D eigenvalue weighted by atomic mass is 9.23. The molecular weight excluding hydrogens is 427 g/mol. The predicted octanol–water partition coefficient (Wildman–Crippen LogP) is 9.27.